The quantitative estimate of drug-likeness (QED) is 0.188. The number of rotatable bonds is 4. The molecule has 0 nitrogen and oxygen atoms in total. The summed E-state index contributed by atoms with van der Waals surface area (Å²) in [4.78, 5) is 0. The topological polar surface area (TPSA) is 0 Å². The van der Waals surface area contributed by atoms with Crippen LogP contribution in [0.3, 0.4) is 0 Å². The fourth-order valence-electron chi connectivity index (χ4n) is 4.52. The van der Waals surface area contributed by atoms with E-state index >= 15 is 0 Å². The maximum atomic E-state index is 12.5. The van der Waals surface area contributed by atoms with Crippen LogP contribution in [0.15, 0.2) is 110 Å². The van der Waals surface area contributed by atoms with Crippen LogP contribution in [0.1, 0.15) is 50.9 Å². The molecule has 0 amide bonds. The number of fused-ring (bicyclic) bond motifs is 3. The molecule has 0 fully saturated rings. The maximum absolute atomic E-state index is 12.5. The Balaban J connectivity index is 0.000000272. The van der Waals surface area contributed by atoms with Crippen molar-refractivity contribution >= 4 is 15.4 Å². The first-order chi connectivity index (χ1) is 20.9. The maximum Gasteiger partial charge on any atom is -0.109 e. The van der Waals surface area contributed by atoms with Gasteiger partial charge in [-0.15, -0.1) is 30.2 Å². The van der Waals surface area contributed by atoms with Crippen LogP contribution < -0.4 is 24.8 Å². The molecule has 0 saturated carbocycles. The van der Waals surface area contributed by atoms with Crippen LogP contribution in [0.4, 0.5) is 26.3 Å². The molecule has 0 atom stereocenters. The van der Waals surface area contributed by atoms with Crippen molar-refractivity contribution in [2.45, 2.75) is 25.2 Å². The Labute approximate surface area is 292 Å². The third-order valence-corrected chi connectivity index (χ3v) is 8.32. The Morgan fingerprint density at radius 1 is 0.717 bits per heavy atom. The van der Waals surface area contributed by atoms with E-state index in [1.807, 2.05) is 30.4 Å². The predicted molar refractivity (Wildman–Crippen MR) is 161 cm³/mol. The molecular weight excluding hydrogens is 721 g/mol. The number of alkyl halides is 6. The molecule has 0 N–H and O–H groups in total. The van der Waals surface area contributed by atoms with Crippen LogP contribution in [0.2, 0.25) is 0 Å². The van der Waals surface area contributed by atoms with Gasteiger partial charge in [0.25, 0.3) is 0 Å². The van der Waals surface area contributed by atoms with E-state index in [9.17, 15) is 26.3 Å². The van der Waals surface area contributed by atoms with Crippen molar-refractivity contribution in [3.05, 3.63) is 167 Å². The van der Waals surface area contributed by atoms with Gasteiger partial charge in [0, 0.05) is 0 Å². The van der Waals surface area contributed by atoms with Gasteiger partial charge in [-0.3, -0.25) is 6.08 Å². The van der Waals surface area contributed by atoms with Gasteiger partial charge < -0.3 is 24.8 Å². The van der Waals surface area contributed by atoms with Crippen molar-refractivity contribution in [2.75, 3.05) is 0 Å². The number of allylic oxidation sites excluding steroid dienone is 4. The molecule has 0 aromatic heterocycles. The SMILES string of the molecule is C=Cc1c[c-]c2c(c1)-c1cc(C=C)ccc1C2.FC(F)(F)c1ccc([C](=[Zr+2])c2ccc(C(F)(F)F)cc2)cc1.[C-]1=CC=CC1.[Cl-].[Cl-]. The van der Waals surface area contributed by atoms with Crippen molar-refractivity contribution in [3.8, 4) is 11.1 Å². The second-order valence-corrected chi connectivity index (χ2v) is 11.1. The third-order valence-electron chi connectivity index (χ3n) is 6.90. The van der Waals surface area contributed by atoms with Crippen LogP contribution >= 0.6 is 0 Å². The molecule has 4 aromatic rings. The summed E-state index contributed by atoms with van der Waals surface area (Å²) in [5.41, 5.74) is 7.17. The first-order valence-electron chi connectivity index (χ1n) is 13.5. The third kappa shape index (κ3) is 10.1. The molecule has 9 heteroatoms. The minimum absolute atomic E-state index is 0. The zero-order valence-corrected chi connectivity index (χ0v) is 28.2. The van der Waals surface area contributed by atoms with E-state index in [1.165, 1.54) is 52.1 Å². The van der Waals surface area contributed by atoms with Crippen LogP contribution in [0.25, 0.3) is 23.3 Å². The molecule has 236 valence electrons. The van der Waals surface area contributed by atoms with Gasteiger partial charge in [0.1, 0.15) is 0 Å². The Bertz CT molecular complexity index is 1590. The molecule has 0 bridgehead atoms. The summed E-state index contributed by atoms with van der Waals surface area (Å²) in [5.74, 6) is 0. The molecule has 0 spiro atoms. The second-order valence-electron chi connectivity index (χ2n) is 9.86. The number of halogens is 8. The number of hydrogen-bond donors (Lipinski definition) is 0. The van der Waals surface area contributed by atoms with E-state index in [-0.39, 0.29) is 24.8 Å². The van der Waals surface area contributed by atoms with E-state index in [2.05, 4.69) is 55.6 Å². The fourth-order valence-corrected chi connectivity index (χ4v) is 5.34. The minimum Gasteiger partial charge on any atom is -1.00 e. The molecule has 0 saturated heterocycles. The van der Waals surface area contributed by atoms with E-state index in [0.29, 0.717) is 14.3 Å². The Kier molecular flexibility index (Phi) is 14.4. The molecule has 6 rings (SSSR count). The molecular formula is C37H26Cl2F6Zr-2. The van der Waals surface area contributed by atoms with Crippen molar-refractivity contribution in [1.29, 1.82) is 0 Å². The molecule has 0 unspecified atom stereocenters. The zero-order chi connectivity index (χ0) is 31.9. The van der Waals surface area contributed by atoms with Gasteiger partial charge in [-0.25, -0.2) is 12.2 Å². The average molecular weight is 747 g/mol. The summed E-state index contributed by atoms with van der Waals surface area (Å²) in [5, 5.41) is 0. The Morgan fingerprint density at radius 2 is 1.24 bits per heavy atom. The molecule has 46 heavy (non-hydrogen) atoms. The van der Waals surface area contributed by atoms with Crippen molar-refractivity contribution in [3.63, 3.8) is 0 Å². The summed E-state index contributed by atoms with van der Waals surface area (Å²) < 4.78 is 75.6. The summed E-state index contributed by atoms with van der Waals surface area (Å²) in [7, 11) is 0. The van der Waals surface area contributed by atoms with Gasteiger partial charge in [0.2, 0.25) is 0 Å². The van der Waals surface area contributed by atoms with E-state index < -0.39 is 23.5 Å². The van der Waals surface area contributed by atoms with Gasteiger partial charge in [-0.1, -0.05) is 42.0 Å². The molecule has 2 aliphatic carbocycles. The standard InChI is InChI=1S/C17H13.C15H8F6.C5H5.2ClH.Zr/c1-3-12-5-7-14-11-15-8-6-13(4-2)10-17(15)16(14)9-12;16-14(17,18)12-5-1-10(2-6-12)9-11-3-7-13(8-4-11)15(19,20)21;1-2-4-5-3-1;;;/h3-7,9-10H,1-2,11H2;1-8H;1-3H,4H2;2*1H;/q-1;;-1;;;+2/p-2. The summed E-state index contributed by atoms with van der Waals surface area (Å²) in [6.45, 7) is 7.63. The van der Waals surface area contributed by atoms with E-state index in [4.69, 9.17) is 0 Å². The monoisotopic (exact) mass is 744 g/mol. The van der Waals surface area contributed by atoms with Gasteiger partial charge in [0.15, 0.2) is 0 Å². The smallest absolute Gasteiger partial charge is 0.109 e. The second kappa shape index (κ2) is 17.1. The molecule has 4 aromatic carbocycles. The van der Waals surface area contributed by atoms with Gasteiger partial charge in [0.05, 0.1) is 0 Å². The van der Waals surface area contributed by atoms with Gasteiger partial charge >= 0.3 is 137 Å². The Hall–Kier alpha value is -3.25. The zero-order valence-electron chi connectivity index (χ0n) is 24.2. The first-order valence-corrected chi connectivity index (χ1v) is 14.7. The van der Waals surface area contributed by atoms with Gasteiger partial charge in [-0.05, 0) is 12.0 Å². The minimum atomic E-state index is -4.41. The van der Waals surface area contributed by atoms with Crippen LogP contribution in [-0.4, -0.2) is 3.21 Å². The van der Waals surface area contributed by atoms with Crippen LogP contribution in [0, 0.1) is 12.1 Å². The number of hydrogen-bond acceptors (Lipinski definition) is 0. The molecule has 2 aliphatic rings. The van der Waals surface area contributed by atoms with Crippen LogP contribution in [-0.2, 0) is 43.0 Å². The molecule has 0 heterocycles. The Morgan fingerprint density at radius 3 is 1.65 bits per heavy atom. The normalized spacial score (nSPS) is 12.2. The summed E-state index contributed by atoms with van der Waals surface area (Å²) in [6.07, 6.45) is 5.92. The van der Waals surface area contributed by atoms with E-state index in [0.717, 1.165) is 66.9 Å². The summed E-state index contributed by atoms with van der Waals surface area (Å²) in [6, 6.07) is 23.2. The van der Waals surface area contributed by atoms with Crippen LogP contribution in [0.5, 0.6) is 0 Å². The molecule has 0 aliphatic heterocycles. The average Bonchev–Trinajstić information content (AvgIpc) is 3.72. The van der Waals surface area contributed by atoms with Gasteiger partial charge in [-0.2, -0.15) is 29.8 Å². The largest absolute Gasteiger partial charge is 1.00 e. The fraction of sp³-hybridized carbons (Fsp3) is 0.108. The molecule has 0 radical (unpaired) electrons. The number of benzene rings is 4. The summed E-state index contributed by atoms with van der Waals surface area (Å²) >= 11 is 0.898. The van der Waals surface area contributed by atoms with E-state index in [1.54, 1.807) is 0 Å². The van der Waals surface area contributed by atoms with Crippen molar-refractivity contribution < 1.29 is 75.4 Å². The van der Waals surface area contributed by atoms with Crippen molar-refractivity contribution in [1.82, 2.24) is 0 Å². The first kappa shape index (κ1) is 38.9. The predicted octanol–water partition coefficient (Wildman–Crippen LogP) is 4.50. The van der Waals surface area contributed by atoms with Crippen molar-refractivity contribution in [2.24, 2.45) is 0 Å².